The lowest BCUT2D eigenvalue weighted by atomic mass is 10.1. The van der Waals surface area contributed by atoms with Crippen LogP contribution in [0.3, 0.4) is 0 Å². The van der Waals surface area contributed by atoms with Crippen LogP contribution in [0.2, 0.25) is 0 Å². The average Bonchev–Trinajstić information content (AvgIpc) is 3.45. The fourth-order valence-corrected chi connectivity index (χ4v) is 3.74. The fraction of sp³-hybridized carbons (Fsp3) is 0.160. The van der Waals surface area contributed by atoms with Gasteiger partial charge in [-0.3, -0.25) is 9.08 Å². The van der Waals surface area contributed by atoms with E-state index in [-0.39, 0.29) is 29.4 Å². The molecule has 190 valence electrons. The number of benzene rings is 2. The van der Waals surface area contributed by atoms with E-state index in [4.69, 9.17) is 9.47 Å². The molecule has 0 fully saturated rings. The Morgan fingerprint density at radius 2 is 1.76 bits per heavy atom. The number of fused-ring (bicyclic) bond motifs is 1. The van der Waals surface area contributed by atoms with Gasteiger partial charge in [-0.1, -0.05) is 6.07 Å². The number of ether oxygens (including phenoxy) is 2. The first kappa shape index (κ1) is 24.2. The summed E-state index contributed by atoms with van der Waals surface area (Å²) in [6, 6.07) is 6.60. The van der Waals surface area contributed by atoms with Crippen molar-refractivity contribution in [3.8, 4) is 28.6 Å². The third-order valence-electron chi connectivity index (χ3n) is 5.53. The van der Waals surface area contributed by atoms with Crippen LogP contribution in [0.25, 0.3) is 17.0 Å². The van der Waals surface area contributed by atoms with Crippen LogP contribution in [0.15, 0.2) is 61.2 Å². The SMILES string of the molecule is Cc1ccc(Oc2c(F)cc(COc3ccn4c(-c5cnn(C)c5)cnc4n3)cc2F)cc1C(F)(F)F. The molecule has 7 nitrogen and oxygen atoms in total. The summed E-state index contributed by atoms with van der Waals surface area (Å²) in [7, 11) is 1.80. The molecule has 3 aromatic heterocycles. The van der Waals surface area contributed by atoms with Crippen LogP contribution >= 0.6 is 0 Å². The number of nitrogens with zero attached hydrogens (tertiary/aromatic N) is 5. The molecule has 0 aliphatic rings. The highest BCUT2D eigenvalue weighted by atomic mass is 19.4. The van der Waals surface area contributed by atoms with Crippen molar-refractivity contribution < 1.29 is 31.4 Å². The maximum Gasteiger partial charge on any atom is 0.416 e. The fourth-order valence-electron chi connectivity index (χ4n) is 3.74. The number of imidazole rings is 1. The lowest BCUT2D eigenvalue weighted by Crippen LogP contribution is -2.07. The van der Waals surface area contributed by atoms with Crippen LogP contribution in [0.1, 0.15) is 16.7 Å². The standard InChI is InChI=1S/C25H18F5N5O2/c1-14-3-4-17(9-18(14)25(28,29)30)37-23-19(26)7-15(8-20(23)27)13-36-22-5-6-35-21(11-31-24(35)33-22)16-10-32-34(2)12-16/h3-12H,13H2,1-2H3. The maximum atomic E-state index is 14.6. The molecular formula is C25H18F5N5O2. The Labute approximate surface area is 206 Å². The third-order valence-corrected chi connectivity index (χ3v) is 5.53. The van der Waals surface area contributed by atoms with Crippen molar-refractivity contribution in [1.82, 2.24) is 24.1 Å². The van der Waals surface area contributed by atoms with Gasteiger partial charge in [0, 0.05) is 31.1 Å². The van der Waals surface area contributed by atoms with Gasteiger partial charge in [0.1, 0.15) is 12.4 Å². The van der Waals surface area contributed by atoms with E-state index in [0.29, 0.717) is 11.8 Å². The third kappa shape index (κ3) is 4.95. The summed E-state index contributed by atoms with van der Waals surface area (Å²) in [6.45, 7) is 1.05. The molecule has 0 bridgehead atoms. The van der Waals surface area contributed by atoms with E-state index >= 15 is 0 Å². The van der Waals surface area contributed by atoms with Crippen molar-refractivity contribution in [3.63, 3.8) is 0 Å². The quantitative estimate of drug-likeness (QED) is 0.256. The van der Waals surface area contributed by atoms with E-state index in [1.54, 1.807) is 40.8 Å². The topological polar surface area (TPSA) is 66.5 Å². The second kappa shape index (κ2) is 9.19. The van der Waals surface area contributed by atoms with Crippen LogP contribution in [-0.2, 0) is 19.8 Å². The summed E-state index contributed by atoms with van der Waals surface area (Å²) in [5.74, 6) is -2.82. The molecule has 5 rings (SSSR count). The molecule has 0 atom stereocenters. The monoisotopic (exact) mass is 515 g/mol. The van der Waals surface area contributed by atoms with Crippen LogP contribution < -0.4 is 9.47 Å². The molecule has 12 heteroatoms. The lowest BCUT2D eigenvalue weighted by molar-refractivity contribution is -0.138. The molecule has 0 saturated carbocycles. The van der Waals surface area contributed by atoms with Crippen molar-refractivity contribution in [2.75, 3.05) is 0 Å². The number of hydrogen-bond donors (Lipinski definition) is 0. The van der Waals surface area contributed by atoms with E-state index in [2.05, 4.69) is 15.1 Å². The van der Waals surface area contributed by atoms with Gasteiger partial charge in [-0.15, -0.1) is 0 Å². The Kier molecular flexibility index (Phi) is 6.02. The lowest BCUT2D eigenvalue weighted by Gasteiger charge is -2.14. The Hall–Kier alpha value is -4.48. The summed E-state index contributed by atoms with van der Waals surface area (Å²) in [5, 5.41) is 4.14. The van der Waals surface area contributed by atoms with Gasteiger partial charge < -0.3 is 9.47 Å². The molecule has 3 heterocycles. The van der Waals surface area contributed by atoms with Crippen LogP contribution in [0.5, 0.6) is 17.4 Å². The van der Waals surface area contributed by atoms with E-state index in [9.17, 15) is 22.0 Å². The minimum absolute atomic E-state index is 0.0382. The van der Waals surface area contributed by atoms with E-state index in [0.717, 1.165) is 23.4 Å². The van der Waals surface area contributed by atoms with Crippen LogP contribution in [-0.4, -0.2) is 24.1 Å². The maximum absolute atomic E-state index is 14.6. The molecular weight excluding hydrogens is 497 g/mol. The molecule has 0 unspecified atom stereocenters. The van der Waals surface area contributed by atoms with Crippen molar-refractivity contribution >= 4 is 5.78 Å². The van der Waals surface area contributed by atoms with E-state index in [1.807, 2.05) is 6.20 Å². The molecule has 0 saturated heterocycles. The molecule has 0 radical (unpaired) electrons. The first-order chi connectivity index (χ1) is 17.6. The Morgan fingerprint density at radius 1 is 1.00 bits per heavy atom. The summed E-state index contributed by atoms with van der Waals surface area (Å²) in [6.07, 6.45) is 2.23. The summed E-state index contributed by atoms with van der Waals surface area (Å²) >= 11 is 0. The van der Waals surface area contributed by atoms with Crippen molar-refractivity contribution in [2.24, 2.45) is 7.05 Å². The Morgan fingerprint density at radius 3 is 2.43 bits per heavy atom. The van der Waals surface area contributed by atoms with Crippen LogP contribution in [0, 0.1) is 18.6 Å². The highest BCUT2D eigenvalue weighted by Crippen LogP contribution is 2.36. The van der Waals surface area contributed by atoms with Gasteiger partial charge in [0.05, 0.1) is 23.7 Å². The minimum Gasteiger partial charge on any atom is -0.473 e. The van der Waals surface area contributed by atoms with Gasteiger partial charge in [0.25, 0.3) is 0 Å². The average molecular weight is 515 g/mol. The predicted molar refractivity (Wildman–Crippen MR) is 122 cm³/mol. The zero-order valence-corrected chi connectivity index (χ0v) is 19.4. The number of halogens is 5. The zero-order chi connectivity index (χ0) is 26.3. The van der Waals surface area contributed by atoms with Gasteiger partial charge in [0.2, 0.25) is 11.7 Å². The molecule has 0 spiro atoms. The van der Waals surface area contributed by atoms with Crippen molar-refractivity contribution in [3.05, 3.63) is 89.5 Å². The zero-order valence-electron chi connectivity index (χ0n) is 19.4. The normalized spacial score (nSPS) is 11.8. The summed E-state index contributed by atoms with van der Waals surface area (Å²) < 4.78 is 82.8. The smallest absolute Gasteiger partial charge is 0.416 e. The van der Waals surface area contributed by atoms with Crippen LogP contribution in [0.4, 0.5) is 22.0 Å². The van der Waals surface area contributed by atoms with Gasteiger partial charge in [-0.2, -0.15) is 23.3 Å². The summed E-state index contributed by atoms with van der Waals surface area (Å²) in [5.41, 5.74) is 0.758. The Bertz CT molecular complexity index is 1590. The van der Waals surface area contributed by atoms with E-state index < -0.39 is 29.1 Å². The van der Waals surface area contributed by atoms with Gasteiger partial charge >= 0.3 is 6.18 Å². The number of hydrogen-bond acceptors (Lipinski definition) is 5. The van der Waals surface area contributed by atoms with Crippen molar-refractivity contribution in [1.29, 1.82) is 0 Å². The molecule has 0 N–H and O–H groups in total. The largest absolute Gasteiger partial charge is 0.473 e. The molecule has 0 aliphatic heterocycles. The van der Waals surface area contributed by atoms with Gasteiger partial charge in [0.15, 0.2) is 17.4 Å². The van der Waals surface area contributed by atoms with Gasteiger partial charge in [-0.05, 0) is 42.3 Å². The Balaban J connectivity index is 1.31. The van der Waals surface area contributed by atoms with E-state index in [1.165, 1.54) is 19.1 Å². The number of alkyl halides is 3. The number of aromatic nitrogens is 5. The van der Waals surface area contributed by atoms with Gasteiger partial charge in [-0.25, -0.2) is 13.8 Å². The second-order valence-electron chi connectivity index (χ2n) is 8.24. The highest BCUT2D eigenvalue weighted by molar-refractivity contribution is 5.60. The molecule has 5 aromatic rings. The number of rotatable bonds is 6. The second-order valence-corrected chi connectivity index (χ2v) is 8.24. The van der Waals surface area contributed by atoms with Crippen molar-refractivity contribution in [2.45, 2.75) is 19.7 Å². The first-order valence-corrected chi connectivity index (χ1v) is 10.9. The highest BCUT2D eigenvalue weighted by Gasteiger charge is 2.33. The molecule has 0 amide bonds. The summed E-state index contributed by atoms with van der Waals surface area (Å²) in [4.78, 5) is 8.55. The molecule has 2 aromatic carbocycles. The molecule has 37 heavy (non-hydrogen) atoms. The number of aryl methyl sites for hydroxylation is 2. The predicted octanol–water partition coefficient (Wildman–Crippen LogP) is 6.11. The minimum atomic E-state index is -4.63. The molecule has 0 aliphatic carbocycles. The first-order valence-electron chi connectivity index (χ1n) is 10.9.